The Bertz CT molecular complexity index is 849. The van der Waals surface area contributed by atoms with Gasteiger partial charge in [-0.3, -0.25) is 9.59 Å². The first-order valence-corrected chi connectivity index (χ1v) is 10.4. The maximum atomic E-state index is 12.7. The minimum atomic E-state index is -0.232. The van der Waals surface area contributed by atoms with E-state index in [2.05, 4.69) is 10.3 Å². The van der Waals surface area contributed by atoms with Gasteiger partial charge in [0, 0.05) is 23.7 Å². The molecule has 1 aromatic carbocycles. The molecule has 1 fully saturated rings. The van der Waals surface area contributed by atoms with Crippen LogP contribution in [0.4, 0.5) is 5.69 Å². The molecule has 0 radical (unpaired) electrons. The first-order valence-electron chi connectivity index (χ1n) is 9.50. The summed E-state index contributed by atoms with van der Waals surface area (Å²) in [7, 11) is 0. The van der Waals surface area contributed by atoms with Gasteiger partial charge in [-0.05, 0) is 43.0 Å². The predicted molar refractivity (Wildman–Crippen MR) is 107 cm³/mol. The van der Waals surface area contributed by atoms with Gasteiger partial charge in [0.2, 0.25) is 5.91 Å². The monoisotopic (exact) mass is 381 g/mol. The lowest BCUT2D eigenvalue weighted by atomic mass is 10.2. The van der Waals surface area contributed by atoms with Crippen LogP contribution in [0.5, 0.6) is 0 Å². The Morgan fingerprint density at radius 3 is 2.81 bits per heavy atom. The van der Waals surface area contributed by atoms with Gasteiger partial charge in [0.25, 0.3) is 5.91 Å². The van der Waals surface area contributed by atoms with Gasteiger partial charge in [0.15, 0.2) is 0 Å². The lowest BCUT2D eigenvalue weighted by molar-refractivity contribution is -0.117. The molecule has 0 atom stereocenters. The van der Waals surface area contributed by atoms with Gasteiger partial charge in [-0.15, -0.1) is 11.8 Å². The lowest BCUT2D eigenvalue weighted by Gasteiger charge is -2.18. The Morgan fingerprint density at radius 1 is 1.15 bits per heavy atom. The van der Waals surface area contributed by atoms with E-state index in [1.165, 1.54) is 31.2 Å². The summed E-state index contributed by atoms with van der Waals surface area (Å²) in [5, 5.41) is 4.09. The van der Waals surface area contributed by atoms with E-state index in [1.807, 2.05) is 24.3 Å². The summed E-state index contributed by atoms with van der Waals surface area (Å²) in [6.07, 6.45) is 7.43. The molecule has 2 aliphatic rings. The van der Waals surface area contributed by atoms with Crippen LogP contribution in [-0.4, -0.2) is 35.1 Å². The molecule has 1 saturated carbocycles. The highest BCUT2D eigenvalue weighted by atomic mass is 32.2. The fraction of sp³-hybridized carbons (Fsp3) is 0.381. The second-order valence-electron chi connectivity index (χ2n) is 6.99. The fourth-order valence-electron chi connectivity index (χ4n) is 3.77. The van der Waals surface area contributed by atoms with Crippen LogP contribution in [0.15, 0.2) is 47.6 Å². The molecule has 27 heavy (non-hydrogen) atoms. The maximum absolute atomic E-state index is 12.7. The standard InChI is InChI=1S/C21H23N3O2S/c25-19(24-13-11-15-6-1-4-10-18(15)24)14-23-20(26)17-9-5-12-22-21(17)27-16-7-2-3-8-16/h1,4-6,9-10,12,16H,2-3,7-8,11,13-14H2,(H,23,26). The van der Waals surface area contributed by atoms with Crippen molar-refractivity contribution in [3.8, 4) is 0 Å². The zero-order valence-electron chi connectivity index (χ0n) is 15.2. The van der Waals surface area contributed by atoms with Crippen molar-refractivity contribution in [3.63, 3.8) is 0 Å². The third-order valence-electron chi connectivity index (χ3n) is 5.18. The van der Waals surface area contributed by atoms with E-state index >= 15 is 0 Å². The molecule has 140 valence electrons. The van der Waals surface area contributed by atoms with Crippen molar-refractivity contribution in [2.45, 2.75) is 42.4 Å². The Kier molecular flexibility index (Phi) is 5.43. The van der Waals surface area contributed by atoms with Crippen LogP contribution in [-0.2, 0) is 11.2 Å². The Hall–Kier alpha value is -2.34. The van der Waals surface area contributed by atoms with Gasteiger partial charge in [-0.25, -0.2) is 4.98 Å². The van der Waals surface area contributed by atoms with E-state index in [0.717, 1.165) is 17.1 Å². The Balaban J connectivity index is 1.39. The molecule has 5 nitrogen and oxygen atoms in total. The van der Waals surface area contributed by atoms with Crippen LogP contribution in [0.1, 0.15) is 41.6 Å². The molecule has 1 aromatic heterocycles. The molecule has 0 saturated heterocycles. The number of para-hydroxylation sites is 1. The summed E-state index contributed by atoms with van der Waals surface area (Å²) in [5.74, 6) is -0.313. The summed E-state index contributed by atoms with van der Waals surface area (Å²) >= 11 is 1.69. The molecular formula is C21H23N3O2S. The Morgan fingerprint density at radius 2 is 1.96 bits per heavy atom. The number of amides is 2. The van der Waals surface area contributed by atoms with Crippen LogP contribution in [0, 0.1) is 0 Å². The number of nitrogens with zero attached hydrogens (tertiary/aromatic N) is 2. The van der Waals surface area contributed by atoms with Gasteiger partial charge in [-0.2, -0.15) is 0 Å². The van der Waals surface area contributed by atoms with Crippen molar-refractivity contribution in [1.29, 1.82) is 0 Å². The van der Waals surface area contributed by atoms with Crippen molar-refractivity contribution in [2.75, 3.05) is 18.0 Å². The van der Waals surface area contributed by atoms with E-state index in [-0.39, 0.29) is 18.4 Å². The summed E-state index contributed by atoms with van der Waals surface area (Å²) in [6, 6.07) is 11.5. The fourth-order valence-corrected chi connectivity index (χ4v) is 5.06. The number of fused-ring (bicyclic) bond motifs is 1. The number of carbonyl (C=O) groups is 2. The van der Waals surface area contributed by atoms with E-state index in [0.29, 0.717) is 17.4 Å². The molecule has 2 amide bonds. The van der Waals surface area contributed by atoms with E-state index in [4.69, 9.17) is 0 Å². The third kappa shape index (κ3) is 4.00. The highest BCUT2D eigenvalue weighted by Gasteiger charge is 2.25. The first kappa shape index (κ1) is 18.0. The molecule has 0 spiro atoms. The van der Waals surface area contributed by atoms with Gasteiger partial charge in [-0.1, -0.05) is 31.0 Å². The van der Waals surface area contributed by atoms with Gasteiger partial charge in [0.05, 0.1) is 12.1 Å². The molecule has 2 heterocycles. The van der Waals surface area contributed by atoms with Gasteiger partial charge in [0.1, 0.15) is 5.03 Å². The largest absolute Gasteiger partial charge is 0.343 e. The average molecular weight is 382 g/mol. The lowest BCUT2D eigenvalue weighted by Crippen LogP contribution is -2.39. The summed E-state index contributed by atoms with van der Waals surface area (Å²) in [5.41, 5.74) is 2.69. The molecule has 6 heteroatoms. The number of pyridine rings is 1. The van der Waals surface area contributed by atoms with Crippen molar-refractivity contribution < 1.29 is 9.59 Å². The zero-order valence-corrected chi connectivity index (χ0v) is 16.0. The van der Waals surface area contributed by atoms with E-state index < -0.39 is 0 Å². The number of hydrogen-bond donors (Lipinski definition) is 1. The molecular weight excluding hydrogens is 358 g/mol. The number of nitrogens with one attached hydrogen (secondary N) is 1. The number of carbonyl (C=O) groups excluding carboxylic acids is 2. The van der Waals surface area contributed by atoms with Crippen LogP contribution >= 0.6 is 11.8 Å². The summed E-state index contributed by atoms with van der Waals surface area (Å²) in [4.78, 5) is 31.4. The highest BCUT2D eigenvalue weighted by Crippen LogP contribution is 2.35. The van der Waals surface area contributed by atoms with Crippen LogP contribution in [0.2, 0.25) is 0 Å². The highest BCUT2D eigenvalue weighted by molar-refractivity contribution is 7.99. The van der Waals surface area contributed by atoms with Crippen molar-refractivity contribution in [2.24, 2.45) is 0 Å². The van der Waals surface area contributed by atoms with Crippen LogP contribution in [0.25, 0.3) is 0 Å². The quantitative estimate of drug-likeness (QED) is 0.862. The summed E-state index contributed by atoms with van der Waals surface area (Å²) in [6.45, 7) is 0.666. The minimum Gasteiger partial charge on any atom is -0.343 e. The SMILES string of the molecule is O=C(NCC(=O)N1CCc2ccccc21)c1cccnc1SC1CCCC1. The second-order valence-corrected chi connectivity index (χ2v) is 8.28. The zero-order chi connectivity index (χ0) is 18.6. The number of hydrogen-bond acceptors (Lipinski definition) is 4. The Labute approximate surface area is 163 Å². The van der Waals surface area contributed by atoms with Crippen molar-refractivity contribution in [1.82, 2.24) is 10.3 Å². The molecule has 2 aromatic rings. The average Bonchev–Trinajstić information content (AvgIpc) is 3.36. The van der Waals surface area contributed by atoms with Gasteiger partial charge < -0.3 is 10.2 Å². The van der Waals surface area contributed by atoms with Crippen LogP contribution in [0.3, 0.4) is 0 Å². The number of thioether (sulfide) groups is 1. The van der Waals surface area contributed by atoms with E-state index in [9.17, 15) is 9.59 Å². The molecule has 1 N–H and O–H groups in total. The number of rotatable bonds is 5. The number of aromatic nitrogens is 1. The minimum absolute atomic E-state index is 0.00437. The normalized spacial score (nSPS) is 16.4. The smallest absolute Gasteiger partial charge is 0.254 e. The van der Waals surface area contributed by atoms with Crippen molar-refractivity contribution in [3.05, 3.63) is 53.7 Å². The second kappa shape index (κ2) is 8.13. The molecule has 1 aliphatic heterocycles. The molecule has 4 rings (SSSR count). The summed E-state index contributed by atoms with van der Waals surface area (Å²) < 4.78 is 0. The van der Waals surface area contributed by atoms with E-state index in [1.54, 1.807) is 35.0 Å². The predicted octanol–water partition coefficient (Wildman–Crippen LogP) is 3.44. The first-order chi connectivity index (χ1) is 13.2. The number of benzene rings is 1. The number of anilines is 1. The molecule has 1 aliphatic carbocycles. The van der Waals surface area contributed by atoms with Crippen molar-refractivity contribution >= 4 is 29.3 Å². The third-order valence-corrected chi connectivity index (χ3v) is 6.54. The van der Waals surface area contributed by atoms with Gasteiger partial charge >= 0.3 is 0 Å². The maximum Gasteiger partial charge on any atom is 0.254 e. The molecule has 0 unspecified atom stereocenters. The topological polar surface area (TPSA) is 62.3 Å². The van der Waals surface area contributed by atoms with Crippen LogP contribution < -0.4 is 10.2 Å². The molecule has 0 bridgehead atoms.